The number of halogens is 1. The molecule has 0 heterocycles. The molecule has 144 valence electrons. The molecule has 1 amide bonds. The van der Waals surface area contributed by atoms with Gasteiger partial charge in [0.15, 0.2) is 11.6 Å². The van der Waals surface area contributed by atoms with E-state index in [1.165, 1.54) is 19.2 Å². The lowest BCUT2D eigenvalue weighted by atomic mass is 9.99. The Balaban J connectivity index is 1.99. The van der Waals surface area contributed by atoms with Crippen LogP contribution in [0.4, 0.5) is 4.39 Å². The maximum atomic E-state index is 13.4. The molecule has 1 unspecified atom stereocenters. The third kappa shape index (κ3) is 5.70. The largest absolute Gasteiger partial charge is 0.494 e. The molecule has 27 heavy (non-hydrogen) atoms. The van der Waals surface area contributed by atoms with E-state index in [9.17, 15) is 19.1 Å². The number of rotatable bonds is 9. The Morgan fingerprint density at radius 3 is 2.48 bits per heavy atom. The maximum Gasteiger partial charge on any atom is 0.308 e. The van der Waals surface area contributed by atoms with Crippen molar-refractivity contribution in [1.82, 2.24) is 5.32 Å². The van der Waals surface area contributed by atoms with Gasteiger partial charge < -0.3 is 19.9 Å². The number of amides is 1. The van der Waals surface area contributed by atoms with E-state index >= 15 is 0 Å². The van der Waals surface area contributed by atoms with Crippen LogP contribution in [-0.2, 0) is 11.2 Å². The lowest BCUT2D eigenvalue weighted by molar-refractivity contribution is -0.141. The molecule has 0 bridgehead atoms. The Morgan fingerprint density at radius 1 is 1.19 bits per heavy atom. The number of aliphatic carboxylic acids is 1. The van der Waals surface area contributed by atoms with Crippen LogP contribution in [0.1, 0.15) is 22.8 Å². The first kappa shape index (κ1) is 20.2. The van der Waals surface area contributed by atoms with Crippen molar-refractivity contribution in [2.24, 2.45) is 5.92 Å². The predicted molar refractivity (Wildman–Crippen MR) is 97.7 cm³/mol. The van der Waals surface area contributed by atoms with Gasteiger partial charge in [-0.15, -0.1) is 0 Å². The van der Waals surface area contributed by atoms with Gasteiger partial charge in [-0.2, -0.15) is 0 Å². The first-order chi connectivity index (χ1) is 12.9. The number of methoxy groups -OCH3 is 1. The predicted octanol–water partition coefficient (Wildman–Crippen LogP) is 2.91. The Labute approximate surface area is 156 Å². The van der Waals surface area contributed by atoms with Gasteiger partial charge in [0.05, 0.1) is 19.6 Å². The minimum atomic E-state index is -1.01. The minimum absolute atomic E-state index is 0.0492. The van der Waals surface area contributed by atoms with Crippen molar-refractivity contribution in [3.63, 3.8) is 0 Å². The van der Waals surface area contributed by atoms with Crippen molar-refractivity contribution in [1.29, 1.82) is 0 Å². The molecular formula is C20H22FNO5. The molecular weight excluding hydrogens is 353 g/mol. The number of ether oxygens (including phenoxy) is 2. The van der Waals surface area contributed by atoms with Crippen LogP contribution in [0.2, 0.25) is 0 Å². The molecule has 0 spiro atoms. The van der Waals surface area contributed by atoms with Crippen LogP contribution < -0.4 is 14.8 Å². The summed E-state index contributed by atoms with van der Waals surface area (Å²) in [5.74, 6) is -2.21. The summed E-state index contributed by atoms with van der Waals surface area (Å²) >= 11 is 0. The first-order valence-electron chi connectivity index (χ1n) is 8.50. The van der Waals surface area contributed by atoms with Crippen LogP contribution in [0.15, 0.2) is 42.5 Å². The Morgan fingerprint density at radius 2 is 1.89 bits per heavy atom. The fourth-order valence-electron chi connectivity index (χ4n) is 2.54. The van der Waals surface area contributed by atoms with E-state index in [4.69, 9.17) is 9.47 Å². The zero-order valence-electron chi connectivity index (χ0n) is 15.2. The quantitative estimate of drug-likeness (QED) is 0.704. The minimum Gasteiger partial charge on any atom is -0.494 e. The zero-order chi connectivity index (χ0) is 19.8. The molecule has 2 rings (SSSR count). The van der Waals surface area contributed by atoms with Gasteiger partial charge in [0.1, 0.15) is 5.75 Å². The van der Waals surface area contributed by atoms with E-state index in [-0.39, 0.29) is 24.3 Å². The number of carbonyl (C=O) groups is 2. The molecule has 2 N–H and O–H groups in total. The third-order valence-electron chi connectivity index (χ3n) is 3.99. The van der Waals surface area contributed by atoms with Crippen molar-refractivity contribution in [3.05, 3.63) is 59.4 Å². The normalized spacial score (nSPS) is 11.5. The summed E-state index contributed by atoms with van der Waals surface area (Å²) in [5, 5.41) is 12.0. The summed E-state index contributed by atoms with van der Waals surface area (Å²) in [5.41, 5.74) is 1.02. The van der Waals surface area contributed by atoms with Crippen LogP contribution >= 0.6 is 0 Å². The summed E-state index contributed by atoms with van der Waals surface area (Å²) in [7, 11) is 1.30. The van der Waals surface area contributed by atoms with Crippen LogP contribution in [-0.4, -0.2) is 37.2 Å². The van der Waals surface area contributed by atoms with Gasteiger partial charge in [0.2, 0.25) is 0 Å². The lowest BCUT2D eigenvalue weighted by Crippen LogP contribution is -2.34. The molecule has 0 aromatic heterocycles. The topological polar surface area (TPSA) is 84.9 Å². The lowest BCUT2D eigenvalue weighted by Gasteiger charge is -2.14. The summed E-state index contributed by atoms with van der Waals surface area (Å²) in [4.78, 5) is 23.7. The molecule has 0 aliphatic rings. The van der Waals surface area contributed by atoms with Crippen molar-refractivity contribution in [3.8, 4) is 11.5 Å². The summed E-state index contributed by atoms with van der Waals surface area (Å²) in [6.07, 6.45) is 0.259. The van der Waals surface area contributed by atoms with Gasteiger partial charge in [-0.1, -0.05) is 12.1 Å². The molecule has 7 heteroatoms. The molecule has 0 aliphatic heterocycles. The van der Waals surface area contributed by atoms with E-state index in [1.54, 1.807) is 24.3 Å². The van der Waals surface area contributed by atoms with Crippen LogP contribution in [0.3, 0.4) is 0 Å². The highest BCUT2D eigenvalue weighted by molar-refractivity contribution is 5.94. The number of carbonyl (C=O) groups excluding carboxylic acids is 1. The highest BCUT2D eigenvalue weighted by atomic mass is 19.1. The fraction of sp³-hybridized carbons (Fsp3) is 0.300. The Bertz CT molecular complexity index is 791. The van der Waals surface area contributed by atoms with Crippen LogP contribution in [0.25, 0.3) is 0 Å². The number of hydrogen-bond acceptors (Lipinski definition) is 4. The number of carboxylic acids is 1. The molecule has 6 nitrogen and oxygen atoms in total. The highest BCUT2D eigenvalue weighted by Crippen LogP contribution is 2.19. The zero-order valence-corrected chi connectivity index (χ0v) is 15.2. The van der Waals surface area contributed by atoms with Crippen molar-refractivity contribution in [2.45, 2.75) is 13.3 Å². The molecule has 0 saturated heterocycles. The van der Waals surface area contributed by atoms with E-state index in [2.05, 4.69) is 5.32 Å². The smallest absolute Gasteiger partial charge is 0.308 e. The van der Waals surface area contributed by atoms with E-state index in [0.717, 1.165) is 11.6 Å². The van der Waals surface area contributed by atoms with E-state index in [1.807, 2.05) is 6.92 Å². The first-order valence-corrected chi connectivity index (χ1v) is 8.50. The molecule has 1 atom stereocenters. The molecule has 2 aromatic carbocycles. The Hall–Kier alpha value is -3.09. The fourth-order valence-corrected chi connectivity index (χ4v) is 2.54. The van der Waals surface area contributed by atoms with Gasteiger partial charge in [-0.25, -0.2) is 4.39 Å². The van der Waals surface area contributed by atoms with Crippen molar-refractivity contribution in [2.75, 3.05) is 20.3 Å². The monoisotopic (exact) mass is 375 g/mol. The van der Waals surface area contributed by atoms with Gasteiger partial charge in [0.25, 0.3) is 5.91 Å². The van der Waals surface area contributed by atoms with E-state index in [0.29, 0.717) is 12.4 Å². The number of nitrogens with one attached hydrogen (secondary N) is 1. The summed E-state index contributed by atoms with van der Waals surface area (Å²) in [6.45, 7) is 2.38. The second kappa shape index (κ2) is 9.56. The summed E-state index contributed by atoms with van der Waals surface area (Å²) < 4.78 is 23.6. The highest BCUT2D eigenvalue weighted by Gasteiger charge is 2.20. The second-order valence-corrected chi connectivity index (χ2v) is 5.88. The average Bonchev–Trinajstić information content (AvgIpc) is 2.66. The third-order valence-corrected chi connectivity index (χ3v) is 3.99. The molecule has 0 aliphatic carbocycles. The van der Waals surface area contributed by atoms with Crippen LogP contribution in [0.5, 0.6) is 11.5 Å². The Kier molecular flexibility index (Phi) is 7.16. The van der Waals surface area contributed by atoms with Crippen molar-refractivity contribution >= 4 is 11.9 Å². The SMILES string of the molecule is CCOc1ccc(CC(CNC(=O)c2ccc(F)c(OC)c2)C(=O)O)cc1. The molecule has 0 fully saturated rings. The molecule has 0 saturated carbocycles. The molecule has 2 aromatic rings. The van der Waals surface area contributed by atoms with Gasteiger partial charge in [0, 0.05) is 12.1 Å². The van der Waals surface area contributed by atoms with Gasteiger partial charge in [-0.05, 0) is 49.2 Å². The van der Waals surface area contributed by atoms with E-state index < -0.39 is 23.6 Å². The number of benzene rings is 2. The number of hydrogen-bond donors (Lipinski definition) is 2. The summed E-state index contributed by atoms with van der Waals surface area (Å²) in [6, 6.07) is 10.9. The second-order valence-electron chi connectivity index (χ2n) is 5.88. The van der Waals surface area contributed by atoms with Gasteiger partial charge in [-0.3, -0.25) is 9.59 Å². The number of carboxylic acid groups (broad SMARTS) is 1. The average molecular weight is 375 g/mol. The van der Waals surface area contributed by atoms with Crippen molar-refractivity contribution < 1.29 is 28.6 Å². The van der Waals surface area contributed by atoms with Crippen LogP contribution in [0, 0.1) is 11.7 Å². The maximum absolute atomic E-state index is 13.4. The standard InChI is InChI=1S/C20H22FNO5/c1-3-27-16-7-4-13(5-8-16)10-15(20(24)25)12-22-19(23)14-6-9-17(21)18(11-14)26-2/h4-9,11,15H,3,10,12H2,1-2H3,(H,22,23)(H,24,25). The van der Waals surface area contributed by atoms with Gasteiger partial charge >= 0.3 is 5.97 Å². The molecule has 0 radical (unpaired) electrons.